The van der Waals surface area contributed by atoms with Crippen LogP contribution >= 0.6 is 0 Å². The predicted molar refractivity (Wildman–Crippen MR) is 86.9 cm³/mol. The molecule has 0 heterocycles. The van der Waals surface area contributed by atoms with Gasteiger partial charge in [-0.3, -0.25) is 0 Å². The molecule has 1 aromatic carbocycles. The van der Waals surface area contributed by atoms with Crippen LogP contribution in [0.1, 0.15) is 51.2 Å². The fourth-order valence-corrected chi connectivity index (χ4v) is 2.44. The van der Waals surface area contributed by atoms with Crippen molar-refractivity contribution in [2.24, 2.45) is 0 Å². The van der Waals surface area contributed by atoms with Gasteiger partial charge in [-0.15, -0.1) is 6.58 Å². The van der Waals surface area contributed by atoms with Crippen molar-refractivity contribution < 1.29 is 4.74 Å². The smallest absolute Gasteiger partial charge is 0.0977 e. The van der Waals surface area contributed by atoms with Crippen LogP contribution in [0, 0.1) is 0 Å². The quantitative estimate of drug-likeness (QED) is 0.474. The first-order valence-electron chi connectivity index (χ1n) is 7.84. The minimum absolute atomic E-state index is 0.137. The monoisotopic (exact) mass is 275 g/mol. The summed E-state index contributed by atoms with van der Waals surface area (Å²) in [7, 11) is 0. The van der Waals surface area contributed by atoms with E-state index in [0.717, 1.165) is 38.8 Å². The Morgan fingerprint density at radius 3 is 2.60 bits per heavy atom. The van der Waals surface area contributed by atoms with Gasteiger partial charge in [0.15, 0.2) is 0 Å². The van der Waals surface area contributed by atoms with Crippen LogP contribution in [-0.4, -0.2) is 19.2 Å². The Kier molecular flexibility index (Phi) is 9.01. The fraction of sp³-hybridized carbons (Fsp3) is 0.556. The lowest BCUT2D eigenvalue weighted by molar-refractivity contribution is 0.0304. The van der Waals surface area contributed by atoms with Gasteiger partial charge in [0.25, 0.3) is 0 Å². The van der Waals surface area contributed by atoms with Gasteiger partial charge >= 0.3 is 0 Å². The zero-order chi connectivity index (χ0) is 14.6. The van der Waals surface area contributed by atoms with Crippen molar-refractivity contribution in [3.05, 3.63) is 48.6 Å². The highest BCUT2D eigenvalue weighted by atomic mass is 16.5. The summed E-state index contributed by atoms with van der Waals surface area (Å²) in [4.78, 5) is 0. The summed E-state index contributed by atoms with van der Waals surface area (Å²) in [6.07, 6.45) is 6.61. The summed E-state index contributed by atoms with van der Waals surface area (Å²) < 4.78 is 6.03. The van der Waals surface area contributed by atoms with Gasteiger partial charge in [-0.05, 0) is 44.7 Å². The SMILES string of the molecule is C=CCCCC(NCCC)C(OCC)c1ccccc1. The van der Waals surface area contributed by atoms with E-state index >= 15 is 0 Å². The van der Waals surface area contributed by atoms with E-state index in [1.165, 1.54) is 5.56 Å². The van der Waals surface area contributed by atoms with Gasteiger partial charge in [0.2, 0.25) is 0 Å². The van der Waals surface area contributed by atoms with Crippen LogP contribution in [0.4, 0.5) is 0 Å². The highest BCUT2D eigenvalue weighted by Crippen LogP contribution is 2.24. The second kappa shape index (κ2) is 10.6. The molecule has 0 spiro atoms. The first kappa shape index (κ1) is 16.9. The Morgan fingerprint density at radius 1 is 1.25 bits per heavy atom. The third-order valence-electron chi connectivity index (χ3n) is 3.42. The molecule has 2 unspecified atom stereocenters. The minimum Gasteiger partial charge on any atom is -0.372 e. The van der Waals surface area contributed by atoms with Crippen molar-refractivity contribution in [2.45, 2.75) is 51.7 Å². The van der Waals surface area contributed by atoms with Crippen molar-refractivity contribution in [1.29, 1.82) is 0 Å². The Labute approximate surface area is 124 Å². The van der Waals surface area contributed by atoms with Crippen LogP contribution < -0.4 is 5.32 Å². The zero-order valence-electron chi connectivity index (χ0n) is 13.0. The van der Waals surface area contributed by atoms with E-state index in [1.807, 2.05) is 6.08 Å². The molecule has 0 fully saturated rings. The topological polar surface area (TPSA) is 21.3 Å². The molecule has 1 rings (SSSR count). The second-order valence-electron chi connectivity index (χ2n) is 5.07. The first-order chi connectivity index (χ1) is 9.83. The summed E-state index contributed by atoms with van der Waals surface area (Å²) in [5.74, 6) is 0. The summed E-state index contributed by atoms with van der Waals surface area (Å²) in [5.41, 5.74) is 1.27. The van der Waals surface area contributed by atoms with E-state index in [0.29, 0.717) is 6.04 Å². The van der Waals surface area contributed by atoms with Gasteiger partial charge in [-0.25, -0.2) is 0 Å². The molecule has 1 aromatic rings. The van der Waals surface area contributed by atoms with Crippen molar-refractivity contribution in [2.75, 3.05) is 13.2 Å². The molecule has 112 valence electrons. The minimum atomic E-state index is 0.137. The van der Waals surface area contributed by atoms with Gasteiger partial charge in [0, 0.05) is 12.6 Å². The lowest BCUT2D eigenvalue weighted by atomic mass is 9.97. The molecule has 0 amide bonds. The maximum atomic E-state index is 6.03. The lowest BCUT2D eigenvalue weighted by Gasteiger charge is -2.28. The van der Waals surface area contributed by atoms with Crippen LogP contribution in [0.5, 0.6) is 0 Å². The number of hydrogen-bond donors (Lipinski definition) is 1. The van der Waals surface area contributed by atoms with Gasteiger partial charge in [-0.2, -0.15) is 0 Å². The number of rotatable bonds is 11. The van der Waals surface area contributed by atoms with Gasteiger partial charge < -0.3 is 10.1 Å². The largest absolute Gasteiger partial charge is 0.372 e. The molecule has 2 heteroatoms. The predicted octanol–water partition coefficient (Wildman–Crippen LogP) is 4.49. The van der Waals surface area contributed by atoms with E-state index in [9.17, 15) is 0 Å². The highest BCUT2D eigenvalue weighted by Gasteiger charge is 2.22. The van der Waals surface area contributed by atoms with Crippen molar-refractivity contribution in [3.8, 4) is 0 Å². The van der Waals surface area contributed by atoms with Crippen LogP contribution in [0.3, 0.4) is 0 Å². The molecule has 0 saturated carbocycles. The van der Waals surface area contributed by atoms with Crippen LogP contribution in [0.25, 0.3) is 0 Å². The molecule has 2 atom stereocenters. The van der Waals surface area contributed by atoms with E-state index < -0.39 is 0 Å². The fourth-order valence-electron chi connectivity index (χ4n) is 2.44. The molecular weight excluding hydrogens is 246 g/mol. The summed E-state index contributed by atoms with van der Waals surface area (Å²) >= 11 is 0. The van der Waals surface area contributed by atoms with Gasteiger partial charge in [-0.1, -0.05) is 43.3 Å². The van der Waals surface area contributed by atoms with Crippen LogP contribution in [0.15, 0.2) is 43.0 Å². The molecule has 0 aliphatic carbocycles. The molecule has 0 aliphatic heterocycles. The van der Waals surface area contributed by atoms with E-state index in [4.69, 9.17) is 4.74 Å². The summed E-state index contributed by atoms with van der Waals surface area (Å²) in [5, 5.41) is 3.65. The molecule has 0 radical (unpaired) electrons. The Bertz CT molecular complexity index is 350. The number of benzene rings is 1. The van der Waals surface area contributed by atoms with Crippen molar-refractivity contribution in [1.82, 2.24) is 5.32 Å². The third kappa shape index (κ3) is 5.89. The molecular formula is C18H29NO. The van der Waals surface area contributed by atoms with E-state index in [2.05, 4.69) is 56.1 Å². The van der Waals surface area contributed by atoms with E-state index in [1.54, 1.807) is 0 Å². The molecule has 20 heavy (non-hydrogen) atoms. The second-order valence-corrected chi connectivity index (χ2v) is 5.07. The normalized spacial score (nSPS) is 13.9. The van der Waals surface area contributed by atoms with Gasteiger partial charge in [0.05, 0.1) is 6.10 Å². The number of nitrogens with one attached hydrogen (secondary N) is 1. The molecule has 0 aliphatic rings. The Hall–Kier alpha value is -1.12. The number of ether oxygens (including phenoxy) is 1. The van der Waals surface area contributed by atoms with Crippen LogP contribution in [0.2, 0.25) is 0 Å². The number of hydrogen-bond acceptors (Lipinski definition) is 2. The number of unbranched alkanes of at least 4 members (excludes halogenated alkanes) is 1. The Morgan fingerprint density at radius 2 is 2.00 bits per heavy atom. The number of allylic oxidation sites excluding steroid dienone is 1. The third-order valence-corrected chi connectivity index (χ3v) is 3.42. The first-order valence-corrected chi connectivity index (χ1v) is 7.84. The van der Waals surface area contributed by atoms with Crippen molar-refractivity contribution in [3.63, 3.8) is 0 Å². The summed E-state index contributed by atoms with van der Waals surface area (Å²) in [6, 6.07) is 10.9. The molecule has 0 saturated heterocycles. The highest BCUT2D eigenvalue weighted by molar-refractivity contribution is 5.19. The molecule has 0 bridgehead atoms. The van der Waals surface area contributed by atoms with Crippen molar-refractivity contribution >= 4 is 0 Å². The standard InChI is InChI=1S/C18H29NO/c1-4-7-9-14-17(19-15-5-2)18(20-6-3)16-12-10-8-11-13-16/h4,8,10-13,17-19H,1,5-7,9,14-15H2,2-3H3. The maximum Gasteiger partial charge on any atom is 0.0977 e. The zero-order valence-corrected chi connectivity index (χ0v) is 13.0. The average molecular weight is 275 g/mol. The maximum absolute atomic E-state index is 6.03. The van der Waals surface area contributed by atoms with Crippen LogP contribution in [-0.2, 0) is 4.74 Å². The molecule has 2 nitrogen and oxygen atoms in total. The lowest BCUT2D eigenvalue weighted by Crippen LogP contribution is -2.36. The average Bonchev–Trinajstić information content (AvgIpc) is 2.50. The Balaban J connectivity index is 2.76. The molecule has 1 N–H and O–H groups in total. The van der Waals surface area contributed by atoms with Gasteiger partial charge in [0.1, 0.15) is 0 Å². The van der Waals surface area contributed by atoms with E-state index in [-0.39, 0.29) is 6.10 Å². The summed E-state index contributed by atoms with van der Waals surface area (Å²) in [6.45, 7) is 9.85. The molecule has 0 aromatic heterocycles.